The van der Waals surface area contributed by atoms with Gasteiger partial charge in [0.2, 0.25) is 5.91 Å². The highest BCUT2D eigenvalue weighted by Crippen LogP contribution is 2.40. The molecule has 1 atom stereocenters. The maximum atomic E-state index is 14.6. The highest BCUT2D eigenvalue weighted by Gasteiger charge is 2.45. The second kappa shape index (κ2) is 9.45. The van der Waals surface area contributed by atoms with Crippen molar-refractivity contribution in [2.45, 2.75) is 45.9 Å². The molecule has 2 aliphatic heterocycles. The normalized spacial score (nSPS) is 17.9. The quantitative estimate of drug-likeness (QED) is 0.374. The van der Waals surface area contributed by atoms with Crippen molar-refractivity contribution in [2.24, 2.45) is 5.73 Å². The number of aromatic nitrogens is 2. The van der Waals surface area contributed by atoms with Gasteiger partial charge in [0.15, 0.2) is 5.60 Å². The third kappa shape index (κ3) is 3.83. The third-order valence-electron chi connectivity index (χ3n) is 7.53. The molecule has 9 nitrogen and oxygen atoms in total. The third-order valence-corrected chi connectivity index (χ3v) is 7.53. The minimum Gasteiger partial charge on any atom is -0.458 e. The van der Waals surface area contributed by atoms with Crippen LogP contribution in [-0.4, -0.2) is 51.1 Å². The molecule has 2 aromatic heterocycles. The number of nitrogens with two attached hydrogens (primary N) is 1. The number of esters is 1. The van der Waals surface area contributed by atoms with Gasteiger partial charge in [-0.2, -0.15) is 0 Å². The summed E-state index contributed by atoms with van der Waals surface area (Å²) in [5.41, 5.74) is 6.93. The van der Waals surface area contributed by atoms with Gasteiger partial charge in [-0.25, -0.2) is 14.2 Å². The van der Waals surface area contributed by atoms with E-state index in [1.807, 2.05) is 19.1 Å². The fourth-order valence-electron chi connectivity index (χ4n) is 5.26. The van der Waals surface area contributed by atoms with Crippen LogP contribution >= 0.6 is 0 Å². The van der Waals surface area contributed by atoms with E-state index in [2.05, 4.69) is 0 Å². The Morgan fingerprint density at radius 1 is 1.29 bits per heavy atom. The minimum atomic E-state index is -1.94. The average molecular weight is 521 g/mol. The fourth-order valence-corrected chi connectivity index (χ4v) is 5.26. The number of aryl methyl sites for hydroxylation is 1. The van der Waals surface area contributed by atoms with Gasteiger partial charge >= 0.3 is 5.97 Å². The number of nitrogens with zero attached hydrogens (tertiary/aromatic N) is 3. The van der Waals surface area contributed by atoms with Crippen LogP contribution in [0.25, 0.3) is 28.4 Å². The van der Waals surface area contributed by atoms with Crippen LogP contribution in [0.5, 0.6) is 0 Å². The second-order valence-corrected chi connectivity index (χ2v) is 9.61. The topological polar surface area (TPSA) is 128 Å². The van der Waals surface area contributed by atoms with Gasteiger partial charge in [0.05, 0.1) is 35.6 Å². The van der Waals surface area contributed by atoms with Gasteiger partial charge in [-0.05, 0) is 43.5 Å². The number of hydrogen-bond acceptors (Lipinski definition) is 7. The number of ether oxygens (including phenoxy) is 1. The molecule has 5 rings (SSSR count). The zero-order chi connectivity index (χ0) is 27.4. The van der Waals surface area contributed by atoms with E-state index >= 15 is 0 Å². The van der Waals surface area contributed by atoms with Crippen LogP contribution in [0.1, 0.15) is 48.1 Å². The van der Waals surface area contributed by atoms with E-state index in [-0.39, 0.29) is 48.7 Å². The maximum absolute atomic E-state index is 14.6. The first-order chi connectivity index (χ1) is 18.1. The molecule has 4 heterocycles. The van der Waals surface area contributed by atoms with Crippen molar-refractivity contribution in [3.8, 4) is 11.4 Å². The van der Waals surface area contributed by atoms with Gasteiger partial charge < -0.3 is 25.0 Å². The van der Waals surface area contributed by atoms with Gasteiger partial charge in [-0.1, -0.05) is 19.1 Å². The van der Waals surface area contributed by atoms with Gasteiger partial charge in [0.25, 0.3) is 5.56 Å². The number of fused-ring (bicyclic) bond motifs is 5. The SMILES string of the molecule is CCN(C/C=C/c1c2c(nc3cc(F)c(C)cc13)-c1cc3c(c(=O)n1C2)COC(=O)[C@]3(O)CC)C(=O)CN. The summed E-state index contributed by atoms with van der Waals surface area (Å²) in [4.78, 5) is 44.4. The molecule has 0 bridgehead atoms. The van der Waals surface area contributed by atoms with Crippen molar-refractivity contribution in [1.82, 2.24) is 14.5 Å². The lowest BCUT2D eigenvalue weighted by molar-refractivity contribution is -0.172. The number of likely N-dealkylation sites (N-methyl/N-ethyl adjacent to an activating group) is 1. The number of pyridine rings is 2. The number of carbonyl (C=O) groups excluding carboxylic acids is 2. The molecule has 0 unspecified atom stereocenters. The van der Waals surface area contributed by atoms with Crippen molar-refractivity contribution in [3.05, 3.63) is 68.3 Å². The van der Waals surface area contributed by atoms with Crippen LogP contribution in [0.4, 0.5) is 4.39 Å². The molecule has 0 fully saturated rings. The molecule has 1 amide bonds. The van der Waals surface area contributed by atoms with E-state index < -0.39 is 17.4 Å². The molecule has 0 radical (unpaired) electrons. The lowest BCUT2D eigenvalue weighted by Crippen LogP contribution is -2.44. The molecule has 3 aromatic rings. The average Bonchev–Trinajstić information content (AvgIpc) is 3.27. The monoisotopic (exact) mass is 520 g/mol. The van der Waals surface area contributed by atoms with Crippen LogP contribution in [0.2, 0.25) is 0 Å². The Kier molecular flexibility index (Phi) is 6.40. The Bertz CT molecular complexity index is 1590. The van der Waals surface area contributed by atoms with Crippen molar-refractivity contribution in [1.29, 1.82) is 0 Å². The van der Waals surface area contributed by atoms with Crippen molar-refractivity contribution in [2.75, 3.05) is 19.6 Å². The smallest absolute Gasteiger partial charge is 0.343 e. The van der Waals surface area contributed by atoms with Crippen molar-refractivity contribution >= 4 is 28.9 Å². The molecule has 2 aliphatic rings. The predicted octanol–water partition coefficient (Wildman–Crippen LogP) is 2.35. The molecule has 0 spiro atoms. The Hall–Kier alpha value is -3.89. The maximum Gasteiger partial charge on any atom is 0.343 e. The summed E-state index contributed by atoms with van der Waals surface area (Å²) >= 11 is 0. The highest BCUT2D eigenvalue weighted by atomic mass is 19.1. The van der Waals surface area contributed by atoms with E-state index in [4.69, 9.17) is 15.5 Å². The fraction of sp³-hybridized carbons (Fsp3) is 0.357. The first-order valence-corrected chi connectivity index (χ1v) is 12.6. The Morgan fingerprint density at radius 2 is 2.05 bits per heavy atom. The second-order valence-electron chi connectivity index (χ2n) is 9.61. The molecular formula is C28H29FN4O5. The van der Waals surface area contributed by atoms with Crippen LogP contribution in [0.3, 0.4) is 0 Å². The summed E-state index contributed by atoms with van der Waals surface area (Å²) in [6, 6.07) is 4.71. The standard InChI is InChI=1S/C28H29FN4O5/c1-4-28(37)20-10-23-25-18(13-33(23)26(35)19(20)14-38-27(28)36)16(7-6-8-32(5-2)24(34)12-30)17-9-15(3)21(29)11-22(17)31-25/h6-7,9-11,37H,4-5,8,12-14,30H2,1-3H3/b7-6+/t28-/m0/s1. The number of carbonyl (C=O) groups is 2. The number of amides is 1. The zero-order valence-electron chi connectivity index (χ0n) is 21.5. The van der Waals surface area contributed by atoms with E-state index in [1.54, 1.807) is 35.4 Å². The Morgan fingerprint density at radius 3 is 2.74 bits per heavy atom. The number of cyclic esters (lactones) is 1. The van der Waals surface area contributed by atoms with Gasteiger partial charge in [0, 0.05) is 35.7 Å². The number of hydrogen-bond donors (Lipinski definition) is 2. The van der Waals surface area contributed by atoms with Crippen LogP contribution in [0.15, 0.2) is 29.1 Å². The van der Waals surface area contributed by atoms with Gasteiger partial charge in [-0.3, -0.25) is 9.59 Å². The summed E-state index contributed by atoms with van der Waals surface area (Å²) < 4.78 is 21.3. The zero-order valence-corrected chi connectivity index (χ0v) is 21.5. The first-order valence-electron chi connectivity index (χ1n) is 12.6. The molecule has 10 heteroatoms. The molecule has 0 saturated carbocycles. The summed E-state index contributed by atoms with van der Waals surface area (Å²) in [6.07, 6.45) is 3.73. The minimum absolute atomic E-state index is 0.0354. The van der Waals surface area contributed by atoms with Gasteiger partial charge in [0.1, 0.15) is 12.4 Å². The van der Waals surface area contributed by atoms with E-state index in [0.717, 1.165) is 11.1 Å². The number of rotatable bonds is 6. The predicted molar refractivity (Wildman–Crippen MR) is 140 cm³/mol. The van der Waals surface area contributed by atoms with Crippen LogP contribution in [0, 0.1) is 12.7 Å². The van der Waals surface area contributed by atoms with Crippen LogP contribution in [-0.2, 0) is 33.1 Å². The van der Waals surface area contributed by atoms with E-state index in [1.165, 1.54) is 6.07 Å². The molecule has 198 valence electrons. The molecule has 0 aliphatic carbocycles. The Balaban J connectivity index is 1.72. The first kappa shape index (κ1) is 25.7. The number of benzene rings is 1. The number of halogens is 1. The molecule has 0 saturated heterocycles. The van der Waals surface area contributed by atoms with Crippen molar-refractivity contribution < 1.29 is 23.8 Å². The summed E-state index contributed by atoms with van der Waals surface area (Å²) in [5.74, 6) is -1.38. The van der Waals surface area contributed by atoms with Crippen LogP contribution < -0.4 is 11.3 Å². The highest BCUT2D eigenvalue weighted by molar-refractivity contribution is 5.94. The molecular weight excluding hydrogens is 491 g/mol. The summed E-state index contributed by atoms with van der Waals surface area (Å²) in [7, 11) is 0. The molecule has 1 aromatic carbocycles. The lowest BCUT2D eigenvalue weighted by atomic mass is 9.86. The lowest BCUT2D eigenvalue weighted by Gasteiger charge is -2.31. The largest absolute Gasteiger partial charge is 0.458 e. The molecule has 3 N–H and O–H groups in total. The number of aliphatic hydroxyl groups is 1. The van der Waals surface area contributed by atoms with Gasteiger partial charge in [-0.15, -0.1) is 0 Å². The molecule has 38 heavy (non-hydrogen) atoms. The van der Waals surface area contributed by atoms with E-state index in [9.17, 15) is 23.9 Å². The summed E-state index contributed by atoms with van der Waals surface area (Å²) in [6.45, 7) is 5.89. The van der Waals surface area contributed by atoms with E-state index in [0.29, 0.717) is 40.9 Å². The Labute approximate surface area is 218 Å². The summed E-state index contributed by atoms with van der Waals surface area (Å²) in [5, 5.41) is 11.8. The van der Waals surface area contributed by atoms with Crippen molar-refractivity contribution in [3.63, 3.8) is 0 Å².